The zero-order valence-electron chi connectivity index (χ0n) is 11.5. The fourth-order valence-electron chi connectivity index (χ4n) is 2.12. The van der Waals surface area contributed by atoms with Gasteiger partial charge in [0.05, 0.1) is 17.4 Å². The van der Waals surface area contributed by atoms with Crippen molar-refractivity contribution in [3.05, 3.63) is 82.1 Å². The normalized spacial score (nSPS) is 10.6. The number of halogens is 1. The summed E-state index contributed by atoms with van der Waals surface area (Å²) in [5.74, 6) is -0.0379. The smallest absolute Gasteiger partial charge is 0.197 e. The molecule has 0 unspecified atom stereocenters. The number of nitrogens with zero attached hydrogens (tertiary/aromatic N) is 2. The number of para-hydroxylation sites is 1. The molecule has 0 fully saturated rings. The standard InChI is InChI=1S/C17H13BrN2O/c1-12-7-8-15(16(18)9-12)17(21)13-10-19-20(11-13)14-5-3-2-4-6-14/h2-11H,1H3. The molecule has 0 amide bonds. The second-order valence-corrected chi connectivity index (χ2v) is 5.68. The fourth-order valence-corrected chi connectivity index (χ4v) is 2.80. The molecular formula is C17H13BrN2O. The minimum atomic E-state index is -0.0379. The maximum absolute atomic E-state index is 12.5. The van der Waals surface area contributed by atoms with Crippen LogP contribution in [0.5, 0.6) is 0 Å². The van der Waals surface area contributed by atoms with Crippen molar-refractivity contribution in [2.75, 3.05) is 0 Å². The van der Waals surface area contributed by atoms with Crippen molar-refractivity contribution in [2.24, 2.45) is 0 Å². The summed E-state index contributed by atoms with van der Waals surface area (Å²) in [4.78, 5) is 12.5. The molecule has 21 heavy (non-hydrogen) atoms. The summed E-state index contributed by atoms with van der Waals surface area (Å²) in [7, 11) is 0. The Balaban J connectivity index is 1.94. The average Bonchev–Trinajstić information content (AvgIpc) is 2.97. The van der Waals surface area contributed by atoms with Gasteiger partial charge in [0.15, 0.2) is 5.78 Å². The third-order valence-electron chi connectivity index (χ3n) is 3.23. The molecule has 1 heterocycles. The number of rotatable bonds is 3. The summed E-state index contributed by atoms with van der Waals surface area (Å²) in [5, 5.41) is 4.26. The molecular weight excluding hydrogens is 328 g/mol. The number of benzene rings is 2. The molecule has 2 aromatic carbocycles. The van der Waals surface area contributed by atoms with Crippen LogP contribution in [0.2, 0.25) is 0 Å². The van der Waals surface area contributed by atoms with Gasteiger partial charge in [0.25, 0.3) is 0 Å². The first-order valence-electron chi connectivity index (χ1n) is 6.56. The van der Waals surface area contributed by atoms with Crippen LogP contribution >= 0.6 is 15.9 Å². The highest BCUT2D eigenvalue weighted by molar-refractivity contribution is 9.10. The van der Waals surface area contributed by atoms with E-state index in [1.165, 1.54) is 0 Å². The number of hydrogen-bond acceptors (Lipinski definition) is 2. The minimum Gasteiger partial charge on any atom is -0.288 e. The van der Waals surface area contributed by atoms with E-state index >= 15 is 0 Å². The van der Waals surface area contributed by atoms with E-state index < -0.39 is 0 Å². The van der Waals surface area contributed by atoms with Gasteiger partial charge >= 0.3 is 0 Å². The van der Waals surface area contributed by atoms with Gasteiger partial charge in [0, 0.05) is 16.2 Å². The predicted octanol–water partition coefficient (Wildman–Crippen LogP) is 4.17. The Morgan fingerprint density at radius 3 is 2.62 bits per heavy atom. The molecule has 104 valence electrons. The van der Waals surface area contributed by atoms with Crippen LogP contribution in [-0.4, -0.2) is 15.6 Å². The number of aromatic nitrogens is 2. The molecule has 1 aromatic heterocycles. The maximum Gasteiger partial charge on any atom is 0.197 e. The van der Waals surface area contributed by atoms with E-state index in [0.717, 1.165) is 15.7 Å². The second kappa shape index (κ2) is 5.66. The van der Waals surface area contributed by atoms with Crippen LogP contribution in [0.3, 0.4) is 0 Å². The molecule has 0 aliphatic heterocycles. The molecule has 0 N–H and O–H groups in total. The number of hydrogen-bond donors (Lipinski definition) is 0. The molecule has 3 rings (SSSR count). The van der Waals surface area contributed by atoms with Gasteiger partial charge in [-0.2, -0.15) is 5.10 Å². The summed E-state index contributed by atoms with van der Waals surface area (Å²) in [5.41, 5.74) is 3.26. The van der Waals surface area contributed by atoms with Gasteiger partial charge in [-0.1, -0.05) is 40.2 Å². The van der Waals surface area contributed by atoms with Crippen molar-refractivity contribution in [3.63, 3.8) is 0 Å². The Hall–Kier alpha value is -2.20. The number of carbonyl (C=O) groups is 1. The van der Waals surface area contributed by atoms with Gasteiger partial charge in [-0.3, -0.25) is 4.79 Å². The monoisotopic (exact) mass is 340 g/mol. The molecule has 0 radical (unpaired) electrons. The van der Waals surface area contributed by atoms with Crippen LogP contribution in [0, 0.1) is 6.92 Å². The van der Waals surface area contributed by atoms with E-state index in [9.17, 15) is 4.79 Å². The van der Waals surface area contributed by atoms with E-state index in [2.05, 4.69) is 21.0 Å². The Morgan fingerprint density at radius 1 is 1.14 bits per heavy atom. The fraction of sp³-hybridized carbons (Fsp3) is 0.0588. The average molecular weight is 341 g/mol. The zero-order valence-corrected chi connectivity index (χ0v) is 13.0. The molecule has 0 bridgehead atoms. The SMILES string of the molecule is Cc1ccc(C(=O)c2cnn(-c3ccccc3)c2)c(Br)c1. The Morgan fingerprint density at radius 2 is 1.90 bits per heavy atom. The molecule has 3 nitrogen and oxygen atoms in total. The summed E-state index contributed by atoms with van der Waals surface area (Å²) < 4.78 is 2.51. The van der Waals surface area contributed by atoms with E-state index in [1.807, 2.05) is 55.5 Å². The van der Waals surface area contributed by atoms with Gasteiger partial charge in [0.1, 0.15) is 0 Å². The molecule has 0 saturated carbocycles. The second-order valence-electron chi connectivity index (χ2n) is 4.82. The molecule has 0 spiro atoms. The van der Waals surface area contributed by atoms with Crippen molar-refractivity contribution in [3.8, 4) is 5.69 Å². The topological polar surface area (TPSA) is 34.9 Å². The van der Waals surface area contributed by atoms with Gasteiger partial charge in [-0.25, -0.2) is 4.68 Å². The van der Waals surface area contributed by atoms with Crippen LogP contribution in [0.4, 0.5) is 0 Å². The summed E-state index contributed by atoms with van der Waals surface area (Å²) in [6.07, 6.45) is 3.35. The molecule has 0 saturated heterocycles. The van der Waals surface area contributed by atoms with Crippen LogP contribution in [0.15, 0.2) is 65.4 Å². The predicted molar refractivity (Wildman–Crippen MR) is 85.9 cm³/mol. The van der Waals surface area contributed by atoms with E-state index in [1.54, 1.807) is 17.1 Å². The maximum atomic E-state index is 12.5. The summed E-state index contributed by atoms with van der Waals surface area (Å²) in [6.45, 7) is 1.99. The van der Waals surface area contributed by atoms with Crippen molar-refractivity contribution in [1.29, 1.82) is 0 Å². The zero-order chi connectivity index (χ0) is 14.8. The molecule has 4 heteroatoms. The first kappa shape index (κ1) is 13.8. The quantitative estimate of drug-likeness (QED) is 0.670. The highest BCUT2D eigenvalue weighted by Crippen LogP contribution is 2.21. The van der Waals surface area contributed by atoms with E-state index in [4.69, 9.17) is 0 Å². The molecule has 0 aliphatic carbocycles. The minimum absolute atomic E-state index is 0.0379. The number of carbonyl (C=O) groups excluding carboxylic acids is 1. The summed E-state index contributed by atoms with van der Waals surface area (Å²) >= 11 is 3.45. The Labute approximate surface area is 131 Å². The first-order chi connectivity index (χ1) is 10.1. The highest BCUT2D eigenvalue weighted by Gasteiger charge is 2.14. The van der Waals surface area contributed by atoms with Crippen LogP contribution in [0.1, 0.15) is 21.5 Å². The third-order valence-corrected chi connectivity index (χ3v) is 3.89. The lowest BCUT2D eigenvalue weighted by atomic mass is 10.1. The highest BCUT2D eigenvalue weighted by atomic mass is 79.9. The largest absolute Gasteiger partial charge is 0.288 e. The van der Waals surface area contributed by atoms with Crippen LogP contribution < -0.4 is 0 Å². The first-order valence-corrected chi connectivity index (χ1v) is 7.35. The van der Waals surface area contributed by atoms with Crippen molar-refractivity contribution >= 4 is 21.7 Å². The van der Waals surface area contributed by atoms with Crippen molar-refractivity contribution in [1.82, 2.24) is 9.78 Å². The van der Waals surface area contributed by atoms with Crippen LogP contribution in [-0.2, 0) is 0 Å². The van der Waals surface area contributed by atoms with Gasteiger partial charge in [-0.05, 0) is 36.8 Å². The van der Waals surface area contributed by atoms with E-state index in [-0.39, 0.29) is 5.78 Å². The Kier molecular flexibility index (Phi) is 3.71. The molecule has 0 aliphatic rings. The number of aryl methyl sites for hydroxylation is 1. The van der Waals surface area contributed by atoms with Gasteiger partial charge < -0.3 is 0 Å². The van der Waals surface area contributed by atoms with Gasteiger partial charge in [-0.15, -0.1) is 0 Å². The lowest BCUT2D eigenvalue weighted by Gasteiger charge is -2.03. The van der Waals surface area contributed by atoms with E-state index in [0.29, 0.717) is 11.1 Å². The summed E-state index contributed by atoms with van der Waals surface area (Å²) in [6, 6.07) is 15.4. The lowest BCUT2D eigenvalue weighted by molar-refractivity contribution is 0.103. The third kappa shape index (κ3) is 2.81. The van der Waals surface area contributed by atoms with Crippen molar-refractivity contribution in [2.45, 2.75) is 6.92 Å². The number of ketones is 1. The van der Waals surface area contributed by atoms with Crippen molar-refractivity contribution < 1.29 is 4.79 Å². The van der Waals surface area contributed by atoms with Crippen LogP contribution in [0.25, 0.3) is 5.69 Å². The lowest BCUT2D eigenvalue weighted by Crippen LogP contribution is -2.01. The van der Waals surface area contributed by atoms with Gasteiger partial charge in [0.2, 0.25) is 0 Å². The molecule has 0 atom stereocenters. The Bertz CT molecular complexity index is 794. The molecule has 3 aromatic rings.